The Hall–Kier alpha value is -2.27. The summed E-state index contributed by atoms with van der Waals surface area (Å²) >= 11 is 0. The number of hydrogen-bond acceptors (Lipinski definition) is 5. The molecule has 2 aromatic carbocycles. The van der Waals surface area contributed by atoms with Gasteiger partial charge in [-0.2, -0.15) is 8.61 Å². The number of amides is 1. The number of carbonyl (C=O) groups excluding carboxylic acids is 1. The standard InChI is InChI=1S/C23H31N3O5S2/c1-5-25(6-2)32(28,29)21-9-7-8-20(17-21)23(27)24-12-14-26(15-13-24)33(30,31)22-11-10-18(3)16-19(22)4/h7-11,16-17H,5-6,12-15H2,1-4H3. The Morgan fingerprint density at radius 3 is 2.12 bits per heavy atom. The van der Waals surface area contributed by atoms with E-state index in [2.05, 4.69) is 0 Å². The summed E-state index contributed by atoms with van der Waals surface area (Å²) in [5, 5.41) is 0. The van der Waals surface area contributed by atoms with Crippen molar-refractivity contribution in [3.05, 3.63) is 59.2 Å². The van der Waals surface area contributed by atoms with Crippen molar-refractivity contribution in [3.8, 4) is 0 Å². The van der Waals surface area contributed by atoms with Crippen LogP contribution in [0.4, 0.5) is 0 Å². The molecule has 1 fully saturated rings. The maximum atomic E-state index is 13.1. The fourth-order valence-electron chi connectivity index (χ4n) is 4.04. The summed E-state index contributed by atoms with van der Waals surface area (Å²) in [5.41, 5.74) is 1.96. The van der Waals surface area contributed by atoms with Gasteiger partial charge in [-0.3, -0.25) is 4.79 Å². The van der Waals surface area contributed by atoms with Crippen LogP contribution in [0.15, 0.2) is 52.3 Å². The van der Waals surface area contributed by atoms with Gasteiger partial charge in [0.05, 0.1) is 9.79 Å². The fraction of sp³-hybridized carbons (Fsp3) is 0.435. The topological polar surface area (TPSA) is 95.1 Å². The number of aryl methyl sites for hydroxylation is 2. The van der Waals surface area contributed by atoms with Gasteiger partial charge >= 0.3 is 0 Å². The van der Waals surface area contributed by atoms with Crippen molar-refractivity contribution in [1.82, 2.24) is 13.5 Å². The molecule has 2 aromatic rings. The molecule has 180 valence electrons. The number of piperazine rings is 1. The van der Waals surface area contributed by atoms with Crippen molar-refractivity contribution in [2.24, 2.45) is 0 Å². The summed E-state index contributed by atoms with van der Waals surface area (Å²) in [6.07, 6.45) is 0. The third-order valence-electron chi connectivity index (χ3n) is 5.90. The zero-order chi connectivity index (χ0) is 24.4. The van der Waals surface area contributed by atoms with Gasteiger partial charge in [-0.25, -0.2) is 16.8 Å². The van der Waals surface area contributed by atoms with E-state index < -0.39 is 20.0 Å². The molecule has 1 aliphatic rings. The van der Waals surface area contributed by atoms with Crippen molar-refractivity contribution in [2.75, 3.05) is 39.3 Å². The molecule has 0 aliphatic carbocycles. The van der Waals surface area contributed by atoms with E-state index in [-0.39, 0.29) is 47.4 Å². The van der Waals surface area contributed by atoms with Crippen LogP contribution >= 0.6 is 0 Å². The van der Waals surface area contributed by atoms with E-state index in [4.69, 9.17) is 0 Å². The van der Waals surface area contributed by atoms with Crippen molar-refractivity contribution < 1.29 is 21.6 Å². The second-order valence-corrected chi connectivity index (χ2v) is 11.9. The number of rotatable bonds is 7. The average molecular weight is 494 g/mol. The van der Waals surface area contributed by atoms with Crippen LogP contribution in [-0.2, 0) is 20.0 Å². The average Bonchev–Trinajstić information content (AvgIpc) is 2.79. The lowest BCUT2D eigenvalue weighted by Crippen LogP contribution is -2.50. The number of nitrogens with zero attached hydrogens (tertiary/aromatic N) is 3. The summed E-state index contributed by atoms with van der Waals surface area (Å²) in [4.78, 5) is 15.0. The molecule has 0 saturated carbocycles. The van der Waals surface area contributed by atoms with Crippen LogP contribution in [0.3, 0.4) is 0 Å². The van der Waals surface area contributed by atoms with E-state index in [0.29, 0.717) is 18.7 Å². The Morgan fingerprint density at radius 2 is 1.55 bits per heavy atom. The van der Waals surface area contributed by atoms with Crippen molar-refractivity contribution in [1.29, 1.82) is 0 Å². The highest BCUT2D eigenvalue weighted by molar-refractivity contribution is 7.89. The molecule has 0 spiro atoms. The van der Waals surface area contributed by atoms with E-state index in [1.807, 2.05) is 13.0 Å². The van der Waals surface area contributed by atoms with E-state index in [1.165, 1.54) is 20.7 Å². The monoisotopic (exact) mass is 493 g/mol. The highest BCUT2D eigenvalue weighted by Crippen LogP contribution is 2.23. The molecule has 0 radical (unpaired) electrons. The van der Waals surface area contributed by atoms with Gasteiger partial charge in [-0.05, 0) is 43.7 Å². The molecule has 0 atom stereocenters. The smallest absolute Gasteiger partial charge is 0.253 e. The van der Waals surface area contributed by atoms with Crippen LogP contribution in [0.5, 0.6) is 0 Å². The number of carbonyl (C=O) groups is 1. The number of benzene rings is 2. The first-order valence-corrected chi connectivity index (χ1v) is 13.9. The molecule has 1 amide bonds. The second kappa shape index (κ2) is 9.92. The van der Waals surface area contributed by atoms with Crippen LogP contribution in [0.1, 0.15) is 35.3 Å². The molecule has 10 heteroatoms. The summed E-state index contributed by atoms with van der Waals surface area (Å²) in [5.74, 6) is -0.310. The van der Waals surface area contributed by atoms with Gasteiger partial charge in [0.1, 0.15) is 0 Å². The minimum absolute atomic E-state index is 0.0770. The lowest BCUT2D eigenvalue weighted by Gasteiger charge is -2.34. The highest BCUT2D eigenvalue weighted by Gasteiger charge is 2.32. The van der Waals surface area contributed by atoms with E-state index in [9.17, 15) is 21.6 Å². The molecule has 0 aromatic heterocycles. The maximum absolute atomic E-state index is 13.1. The van der Waals surface area contributed by atoms with E-state index in [1.54, 1.807) is 49.9 Å². The highest BCUT2D eigenvalue weighted by atomic mass is 32.2. The predicted molar refractivity (Wildman–Crippen MR) is 127 cm³/mol. The van der Waals surface area contributed by atoms with Gasteiger partial charge < -0.3 is 4.90 Å². The summed E-state index contributed by atoms with van der Waals surface area (Å²) in [6.45, 7) is 8.73. The van der Waals surface area contributed by atoms with Gasteiger partial charge in [0.15, 0.2) is 0 Å². The molecule has 0 bridgehead atoms. The van der Waals surface area contributed by atoms with Gasteiger partial charge in [0, 0.05) is 44.8 Å². The van der Waals surface area contributed by atoms with Crippen LogP contribution < -0.4 is 0 Å². The molecule has 8 nitrogen and oxygen atoms in total. The van der Waals surface area contributed by atoms with Crippen LogP contribution in [-0.4, -0.2) is 75.5 Å². The second-order valence-electron chi connectivity index (χ2n) is 8.08. The normalized spacial score (nSPS) is 15.7. The summed E-state index contributed by atoms with van der Waals surface area (Å²) < 4.78 is 54.5. The Labute approximate surface area is 196 Å². The first-order chi connectivity index (χ1) is 15.5. The first kappa shape index (κ1) is 25.4. The fourth-order valence-corrected chi connectivity index (χ4v) is 7.18. The Balaban J connectivity index is 1.75. The Kier molecular flexibility index (Phi) is 7.62. The van der Waals surface area contributed by atoms with E-state index in [0.717, 1.165) is 5.56 Å². The quantitative estimate of drug-likeness (QED) is 0.591. The molecule has 0 unspecified atom stereocenters. The van der Waals surface area contributed by atoms with Crippen molar-refractivity contribution >= 4 is 26.0 Å². The number of hydrogen-bond donors (Lipinski definition) is 0. The zero-order valence-electron chi connectivity index (χ0n) is 19.5. The molecule has 1 heterocycles. The molecule has 1 aliphatic heterocycles. The molecule has 33 heavy (non-hydrogen) atoms. The molecule has 3 rings (SSSR count). The molecular weight excluding hydrogens is 462 g/mol. The summed E-state index contributed by atoms with van der Waals surface area (Å²) in [6, 6.07) is 11.3. The van der Waals surface area contributed by atoms with Gasteiger partial charge in [-0.15, -0.1) is 0 Å². The molecule has 0 N–H and O–H groups in total. The van der Waals surface area contributed by atoms with Crippen LogP contribution in [0.25, 0.3) is 0 Å². The minimum Gasteiger partial charge on any atom is -0.336 e. The van der Waals surface area contributed by atoms with Crippen LogP contribution in [0, 0.1) is 13.8 Å². The lowest BCUT2D eigenvalue weighted by atomic mass is 10.2. The maximum Gasteiger partial charge on any atom is 0.253 e. The van der Waals surface area contributed by atoms with Crippen molar-refractivity contribution in [2.45, 2.75) is 37.5 Å². The summed E-state index contributed by atoms with van der Waals surface area (Å²) in [7, 11) is -7.33. The van der Waals surface area contributed by atoms with E-state index >= 15 is 0 Å². The largest absolute Gasteiger partial charge is 0.336 e. The Bertz CT molecular complexity index is 1230. The third kappa shape index (κ3) is 5.13. The number of sulfonamides is 2. The SMILES string of the molecule is CCN(CC)S(=O)(=O)c1cccc(C(=O)N2CCN(S(=O)(=O)c3ccc(C)cc3C)CC2)c1. The predicted octanol–water partition coefficient (Wildman–Crippen LogP) is 2.48. The third-order valence-corrected chi connectivity index (χ3v) is 10.0. The van der Waals surface area contributed by atoms with Crippen molar-refractivity contribution in [3.63, 3.8) is 0 Å². The Morgan fingerprint density at radius 1 is 0.909 bits per heavy atom. The zero-order valence-corrected chi connectivity index (χ0v) is 21.1. The van der Waals surface area contributed by atoms with Gasteiger partial charge in [0.25, 0.3) is 5.91 Å². The minimum atomic E-state index is -3.68. The first-order valence-electron chi connectivity index (χ1n) is 11.0. The van der Waals surface area contributed by atoms with Crippen LogP contribution in [0.2, 0.25) is 0 Å². The molecular formula is C23H31N3O5S2. The molecule has 1 saturated heterocycles. The van der Waals surface area contributed by atoms with Gasteiger partial charge in [-0.1, -0.05) is 37.6 Å². The lowest BCUT2D eigenvalue weighted by molar-refractivity contribution is 0.0697. The van der Waals surface area contributed by atoms with Gasteiger partial charge in [0.2, 0.25) is 20.0 Å².